The number of alkyl halides is 1. The van der Waals surface area contributed by atoms with Crippen molar-refractivity contribution in [2.75, 3.05) is 11.4 Å². The summed E-state index contributed by atoms with van der Waals surface area (Å²) in [6.45, 7) is 4.67. The number of hydrogen-bond donors (Lipinski definition) is 0. The van der Waals surface area contributed by atoms with Crippen LogP contribution in [0.5, 0.6) is 0 Å². The van der Waals surface area contributed by atoms with Crippen LogP contribution in [0.25, 0.3) is 0 Å². The number of amides is 1. The topological polar surface area (TPSA) is 37.4 Å². The highest BCUT2D eigenvalue weighted by Crippen LogP contribution is 2.30. The molecule has 0 saturated carbocycles. The van der Waals surface area contributed by atoms with E-state index < -0.39 is 0 Å². The van der Waals surface area contributed by atoms with E-state index in [0.29, 0.717) is 6.42 Å². The minimum absolute atomic E-state index is 0.111. The summed E-state index contributed by atoms with van der Waals surface area (Å²) in [5.74, 6) is 0.280. The summed E-state index contributed by atoms with van der Waals surface area (Å²) in [4.78, 5) is 25.8. The number of fused-ring (bicyclic) bond motifs is 1. The zero-order valence-corrected chi connectivity index (χ0v) is 13.6. The molecule has 1 aliphatic rings. The molecule has 0 spiro atoms. The molecule has 2 rings (SSSR count). The van der Waals surface area contributed by atoms with E-state index in [1.807, 2.05) is 30.0 Å². The molecular weight excluding hydrogens is 318 g/mol. The Balaban J connectivity index is 2.22. The first-order chi connectivity index (χ1) is 9.58. The molecule has 0 saturated heterocycles. The van der Waals surface area contributed by atoms with E-state index >= 15 is 0 Å². The van der Waals surface area contributed by atoms with Crippen LogP contribution in [-0.4, -0.2) is 23.1 Å². The van der Waals surface area contributed by atoms with Gasteiger partial charge in [-0.05, 0) is 36.6 Å². The van der Waals surface area contributed by atoms with Gasteiger partial charge >= 0.3 is 0 Å². The zero-order chi connectivity index (χ0) is 14.7. The Morgan fingerprint density at radius 3 is 2.75 bits per heavy atom. The van der Waals surface area contributed by atoms with E-state index in [-0.39, 0.29) is 16.5 Å². The normalized spacial score (nSPS) is 15.1. The van der Waals surface area contributed by atoms with Gasteiger partial charge in [0.2, 0.25) is 5.91 Å². The number of ketones is 1. The summed E-state index contributed by atoms with van der Waals surface area (Å²) in [7, 11) is 0. The summed E-state index contributed by atoms with van der Waals surface area (Å²) in [6.07, 6.45) is 3.17. The highest BCUT2D eigenvalue weighted by atomic mass is 79.9. The van der Waals surface area contributed by atoms with Gasteiger partial charge in [0.05, 0.1) is 4.83 Å². The van der Waals surface area contributed by atoms with Gasteiger partial charge in [0.15, 0.2) is 5.78 Å². The monoisotopic (exact) mass is 337 g/mol. The summed E-state index contributed by atoms with van der Waals surface area (Å²) in [5.41, 5.74) is 2.81. The average molecular weight is 338 g/mol. The lowest BCUT2D eigenvalue weighted by atomic mass is 10.0. The van der Waals surface area contributed by atoms with Crippen LogP contribution < -0.4 is 4.90 Å². The highest BCUT2D eigenvalue weighted by molar-refractivity contribution is 9.10. The number of halogens is 1. The standard InChI is InChI=1S/C16H20BrNO2/c1-3-5-13(17)16(20)12-6-7-14-11(10-12)8-9-18(14)15(19)4-2/h6-7,10,13H,3-5,8-9H2,1-2H3. The second-order valence-corrected chi connectivity index (χ2v) is 6.22. The predicted molar refractivity (Wildman–Crippen MR) is 84.7 cm³/mol. The molecule has 0 N–H and O–H groups in total. The molecule has 0 fully saturated rings. The first-order valence-electron chi connectivity index (χ1n) is 7.20. The van der Waals surface area contributed by atoms with Gasteiger partial charge in [0, 0.05) is 24.2 Å². The summed E-state index contributed by atoms with van der Waals surface area (Å²) in [6, 6.07) is 5.70. The molecule has 0 aromatic heterocycles. The van der Waals surface area contributed by atoms with Crippen molar-refractivity contribution in [3.05, 3.63) is 29.3 Å². The maximum absolute atomic E-state index is 12.3. The highest BCUT2D eigenvalue weighted by Gasteiger charge is 2.25. The fourth-order valence-electron chi connectivity index (χ4n) is 2.57. The molecule has 1 unspecified atom stereocenters. The average Bonchev–Trinajstić information content (AvgIpc) is 2.88. The lowest BCUT2D eigenvalue weighted by molar-refractivity contribution is -0.118. The maximum atomic E-state index is 12.3. The quantitative estimate of drug-likeness (QED) is 0.606. The predicted octanol–water partition coefficient (Wildman–Crippen LogP) is 3.73. The number of Topliss-reactive ketones (excluding diaryl/α,β-unsaturated/α-hetero) is 1. The number of hydrogen-bond acceptors (Lipinski definition) is 2. The number of rotatable bonds is 5. The summed E-state index contributed by atoms with van der Waals surface area (Å²) >= 11 is 3.45. The third-order valence-electron chi connectivity index (χ3n) is 3.69. The van der Waals surface area contributed by atoms with Crippen molar-refractivity contribution in [3.63, 3.8) is 0 Å². The number of carbonyl (C=O) groups is 2. The molecule has 1 atom stereocenters. The van der Waals surface area contributed by atoms with E-state index in [9.17, 15) is 9.59 Å². The van der Waals surface area contributed by atoms with Gasteiger partial charge in [-0.2, -0.15) is 0 Å². The Bertz CT molecular complexity index is 527. The third kappa shape index (κ3) is 2.95. The zero-order valence-electron chi connectivity index (χ0n) is 12.0. The Morgan fingerprint density at radius 1 is 1.35 bits per heavy atom. The van der Waals surface area contributed by atoms with Crippen molar-refractivity contribution in [1.29, 1.82) is 0 Å². The van der Waals surface area contributed by atoms with E-state index in [1.54, 1.807) is 0 Å². The molecule has 4 heteroatoms. The fraction of sp³-hybridized carbons (Fsp3) is 0.500. The largest absolute Gasteiger partial charge is 0.312 e. The van der Waals surface area contributed by atoms with Crippen LogP contribution in [0, 0.1) is 0 Å². The van der Waals surface area contributed by atoms with Crippen molar-refractivity contribution in [3.8, 4) is 0 Å². The molecule has 0 aliphatic carbocycles. The number of anilines is 1. The Hall–Kier alpha value is -1.16. The minimum atomic E-state index is -0.111. The molecule has 20 heavy (non-hydrogen) atoms. The van der Waals surface area contributed by atoms with Crippen LogP contribution >= 0.6 is 15.9 Å². The van der Waals surface area contributed by atoms with Crippen molar-refractivity contribution in [1.82, 2.24) is 0 Å². The maximum Gasteiger partial charge on any atom is 0.226 e. The van der Waals surface area contributed by atoms with Crippen LogP contribution in [0.1, 0.15) is 49.0 Å². The van der Waals surface area contributed by atoms with E-state index in [1.165, 1.54) is 0 Å². The Kier molecular flexibility index (Phi) is 4.97. The van der Waals surface area contributed by atoms with Crippen molar-refractivity contribution in [2.24, 2.45) is 0 Å². The minimum Gasteiger partial charge on any atom is -0.312 e. The number of carbonyl (C=O) groups excluding carboxylic acids is 2. The number of benzene rings is 1. The van der Waals surface area contributed by atoms with Crippen LogP contribution in [0.4, 0.5) is 5.69 Å². The van der Waals surface area contributed by atoms with Gasteiger partial charge in [-0.1, -0.05) is 36.2 Å². The first kappa shape index (κ1) is 15.2. The molecule has 108 valence electrons. The van der Waals surface area contributed by atoms with Gasteiger partial charge in [-0.3, -0.25) is 9.59 Å². The van der Waals surface area contributed by atoms with Crippen LogP contribution in [0.15, 0.2) is 18.2 Å². The molecule has 0 radical (unpaired) electrons. The Morgan fingerprint density at radius 2 is 2.10 bits per heavy atom. The fourth-order valence-corrected chi connectivity index (χ4v) is 3.29. The summed E-state index contributed by atoms with van der Waals surface area (Å²) < 4.78 is 0. The van der Waals surface area contributed by atoms with Crippen LogP contribution in [0.3, 0.4) is 0 Å². The molecule has 1 aromatic carbocycles. The number of nitrogens with zero attached hydrogens (tertiary/aromatic N) is 1. The van der Waals surface area contributed by atoms with Crippen LogP contribution in [-0.2, 0) is 11.2 Å². The van der Waals surface area contributed by atoms with Crippen molar-refractivity contribution in [2.45, 2.75) is 44.4 Å². The van der Waals surface area contributed by atoms with Crippen molar-refractivity contribution >= 4 is 33.3 Å². The summed E-state index contributed by atoms with van der Waals surface area (Å²) in [5, 5.41) is 0. The first-order valence-corrected chi connectivity index (χ1v) is 8.11. The second kappa shape index (κ2) is 6.53. The van der Waals surface area contributed by atoms with Gasteiger partial charge < -0.3 is 4.90 Å². The van der Waals surface area contributed by atoms with E-state index in [2.05, 4.69) is 22.9 Å². The SMILES string of the molecule is CCCC(Br)C(=O)c1ccc2c(c1)CCN2C(=O)CC. The van der Waals surface area contributed by atoms with Crippen molar-refractivity contribution < 1.29 is 9.59 Å². The molecule has 3 nitrogen and oxygen atoms in total. The smallest absolute Gasteiger partial charge is 0.226 e. The van der Waals surface area contributed by atoms with Gasteiger partial charge in [0.1, 0.15) is 0 Å². The molecule has 1 aromatic rings. The van der Waals surface area contributed by atoms with E-state index in [0.717, 1.165) is 42.6 Å². The van der Waals surface area contributed by atoms with E-state index in [4.69, 9.17) is 0 Å². The van der Waals surface area contributed by atoms with Gasteiger partial charge in [0.25, 0.3) is 0 Å². The lowest BCUT2D eigenvalue weighted by Crippen LogP contribution is -2.27. The molecule has 1 amide bonds. The third-order valence-corrected chi connectivity index (χ3v) is 4.56. The lowest BCUT2D eigenvalue weighted by Gasteiger charge is -2.16. The molecule has 1 heterocycles. The van der Waals surface area contributed by atoms with Gasteiger partial charge in [-0.15, -0.1) is 0 Å². The second-order valence-electron chi connectivity index (χ2n) is 5.11. The molecular formula is C16H20BrNO2. The molecule has 0 bridgehead atoms. The van der Waals surface area contributed by atoms with Gasteiger partial charge in [-0.25, -0.2) is 0 Å². The molecule has 1 aliphatic heterocycles. The Labute approximate surface area is 128 Å². The van der Waals surface area contributed by atoms with Crippen LogP contribution in [0.2, 0.25) is 0 Å².